The van der Waals surface area contributed by atoms with Gasteiger partial charge in [-0.25, -0.2) is 4.79 Å². The van der Waals surface area contributed by atoms with E-state index < -0.39 is 0 Å². The third-order valence-electron chi connectivity index (χ3n) is 2.20. The molecule has 0 aliphatic carbocycles. The molecule has 13 heavy (non-hydrogen) atoms. The van der Waals surface area contributed by atoms with Gasteiger partial charge in [-0.15, -0.1) is 0 Å². The van der Waals surface area contributed by atoms with E-state index in [0.29, 0.717) is 26.1 Å². The maximum absolute atomic E-state index is 11.2. The largest absolute Gasteiger partial charge is 0.450 e. The molecule has 0 aromatic heterocycles. The van der Waals surface area contributed by atoms with Gasteiger partial charge in [0.05, 0.1) is 6.61 Å². The van der Waals surface area contributed by atoms with E-state index in [1.807, 2.05) is 6.92 Å². The molecule has 0 bridgehead atoms. The highest BCUT2D eigenvalue weighted by atomic mass is 16.6. The fourth-order valence-electron chi connectivity index (χ4n) is 1.40. The number of carbonyl (C=O) groups excluding carboxylic acids is 2. The van der Waals surface area contributed by atoms with Crippen molar-refractivity contribution in [3.63, 3.8) is 0 Å². The molecule has 1 aliphatic rings. The van der Waals surface area contributed by atoms with Gasteiger partial charge >= 0.3 is 6.09 Å². The summed E-state index contributed by atoms with van der Waals surface area (Å²) in [7, 11) is 0. The number of nitrogens with zero attached hydrogens (tertiary/aromatic N) is 1. The Hall–Kier alpha value is -1.06. The van der Waals surface area contributed by atoms with Crippen molar-refractivity contribution in [2.75, 3.05) is 19.7 Å². The topological polar surface area (TPSA) is 46.6 Å². The van der Waals surface area contributed by atoms with Crippen LogP contribution in [0.5, 0.6) is 0 Å². The zero-order valence-corrected chi connectivity index (χ0v) is 8.08. The molecule has 1 amide bonds. The Balaban J connectivity index is 2.45. The highest BCUT2D eigenvalue weighted by Gasteiger charge is 2.27. The lowest BCUT2D eigenvalue weighted by atomic mass is 9.99. The first-order chi connectivity index (χ1) is 6.15. The first-order valence-electron chi connectivity index (χ1n) is 4.59. The molecule has 0 saturated carbocycles. The molecule has 0 radical (unpaired) electrons. The van der Waals surface area contributed by atoms with Crippen molar-refractivity contribution >= 4 is 11.9 Å². The number of carbonyl (C=O) groups is 2. The fourth-order valence-corrected chi connectivity index (χ4v) is 1.40. The van der Waals surface area contributed by atoms with Gasteiger partial charge in [0, 0.05) is 25.4 Å². The number of likely N-dealkylation sites (tertiary alicyclic amines) is 1. The SMILES string of the molecule is CCOC(=O)N1CCC(=O)C(C)C1. The summed E-state index contributed by atoms with van der Waals surface area (Å²) >= 11 is 0. The van der Waals surface area contributed by atoms with E-state index >= 15 is 0 Å². The Morgan fingerprint density at radius 2 is 2.38 bits per heavy atom. The lowest BCUT2D eigenvalue weighted by Crippen LogP contribution is -2.43. The molecule has 74 valence electrons. The molecule has 0 aromatic rings. The number of ether oxygens (including phenoxy) is 1. The van der Waals surface area contributed by atoms with E-state index in [9.17, 15) is 9.59 Å². The van der Waals surface area contributed by atoms with Crippen LogP contribution < -0.4 is 0 Å². The van der Waals surface area contributed by atoms with Crippen LogP contribution in [-0.4, -0.2) is 36.5 Å². The van der Waals surface area contributed by atoms with Crippen LogP contribution in [0.25, 0.3) is 0 Å². The minimum absolute atomic E-state index is 0.0434. The molecule has 1 atom stereocenters. The quantitative estimate of drug-likeness (QED) is 0.613. The second kappa shape index (κ2) is 4.25. The molecule has 0 aromatic carbocycles. The smallest absolute Gasteiger partial charge is 0.409 e. The lowest BCUT2D eigenvalue weighted by molar-refractivity contribution is -0.125. The van der Waals surface area contributed by atoms with Crippen LogP contribution in [0, 0.1) is 5.92 Å². The van der Waals surface area contributed by atoms with Gasteiger partial charge < -0.3 is 9.64 Å². The Bertz CT molecular complexity index is 215. The summed E-state index contributed by atoms with van der Waals surface area (Å²) in [4.78, 5) is 24.0. The molecule has 1 heterocycles. The first kappa shape index (κ1) is 10.0. The zero-order chi connectivity index (χ0) is 9.84. The van der Waals surface area contributed by atoms with Crippen LogP contribution in [0.3, 0.4) is 0 Å². The second-order valence-corrected chi connectivity index (χ2v) is 3.26. The summed E-state index contributed by atoms with van der Waals surface area (Å²) in [5.41, 5.74) is 0. The molecule has 1 unspecified atom stereocenters. The summed E-state index contributed by atoms with van der Waals surface area (Å²) in [5.74, 6) is 0.193. The van der Waals surface area contributed by atoms with Crippen molar-refractivity contribution < 1.29 is 14.3 Å². The number of rotatable bonds is 1. The molecule has 4 heteroatoms. The summed E-state index contributed by atoms with van der Waals surface area (Å²) in [5, 5.41) is 0. The monoisotopic (exact) mass is 185 g/mol. The maximum atomic E-state index is 11.2. The van der Waals surface area contributed by atoms with Crippen LogP contribution in [0.1, 0.15) is 20.3 Å². The maximum Gasteiger partial charge on any atom is 0.409 e. The average molecular weight is 185 g/mol. The molecule has 1 saturated heterocycles. The van der Waals surface area contributed by atoms with Gasteiger partial charge in [0.1, 0.15) is 5.78 Å². The van der Waals surface area contributed by atoms with E-state index in [4.69, 9.17) is 4.74 Å². The highest BCUT2D eigenvalue weighted by molar-refractivity contribution is 5.83. The Kier molecular flexibility index (Phi) is 3.28. The van der Waals surface area contributed by atoms with Gasteiger partial charge in [-0.3, -0.25) is 4.79 Å². The molecule has 0 spiro atoms. The number of Topliss-reactive ketones (excluding diaryl/α,β-unsaturated/α-hetero) is 1. The van der Waals surface area contributed by atoms with Crippen molar-refractivity contribution in [3.8, 4) is 0 Å². The van der Waals surface area contributed by atoms with Gasteiger partial charge in [0.15, 0.2) is 0 Å². The zero-order valence-electron chi connectivity index (χ0n) is 8.08. The number of piperidine rings is 1. The summed E-state index contributed by atoms with van der Waals surface area (Å²) in [6, 6.07) is 0. The molecule has 0 N–H and O–H groups in total. The molecular weight excluding hydrogens is 170 g/mol. The van der Waals surface area contributed by atoms with Crippen LogP contribution in [0.4, 0.5) is 4.79 Å². The standard InChI is InChI=1S/C9H15NO3/c1-3-13-9(12)10-5-4-8(11)7(2)6-10/h7H,3-6H2,1-2H3. The lowest BCUT2D eigenvalue weighted by Gasteiger charge is -2.28. The molecular formula is C9H15NO3. The van der Waals surface area contributed by atoms with E-state index in [0.717, 1.165) is 0 Å². The van der Waals surface area contributed by atoms with Crippen LogP contribution in [0.15, 0.2) is 0 Å². The molecule has 1 fully saturated rings. The van der Waals surface area contributed by atoms with Gasteiger partial charge in [0.2, 0.25) is 0 Å². The van der Waals surface area contributed by atoms with Gasteiger partial charge in [0.25, 0.3) is 0 Å². The van der Waals surface area contributed by atoms with E-state index in [-0.39, 0.29) is 17.8 Å². The number of hydrogen-bond donors (Lipinski definition) is 0. The highest BCUT2D eigenvalue weighted by Crippen LogP contribution is 2.12. The Labute approximate surface area is 77.8 Å². The molecule has 1 aliphatic heterocycles. The Morgan fingerprint density at radius 1 is 1.69 bits per heavy atom. The van der Waals surface area contributed by atoms with Crippen LogP contribution in [-0.2, 0) is 9.53 Å². The predicted octanol–water partition coefficient (Wildman–Crippen LogP) is 1.05. The summed E-state index contributed by atoms with van der Waals surface area (Å²) in [6.45, 7) is 5.00. The third kappa shape index (κ3) is 2.44. The number of ketones is 1. The second-order valence-electron chi connectivity index (χ2n) is 3.26. The minimum Gasteiger partial charge on any atom is -0.450 e. The van der Waals surface area contributed by atoms with Crippen molar-refractivity contribution in [2.24, 2.45) is 5.92 Å². The van der Waals surface area contributed by atoms with Gasteiger partial charge in [-0.2, -0.15) is 0 Å². The molecule has 1 rings (SSSR count). The fraction of sp³-hybridized carbons (Fsp3) is 0.778. The Morgan fingerprint density at radius 3 is 2.92 bits per heavy atom. The normalized spacial score (nSPS) is 23.1. The van der Waals surface area contributed by atoms with Crippen molar-refractivity contribution in [1.82, 2.24) is 4.90 Å². The average Bonchev–Trinajstić information content (AvgIpc) is 2.10. The number of amides is 1. The van der Waals surface area contributed by atoms with Crippen molar-refractivity contribution in [1.29, 1.82) is 0 Å². The molecule has 4 nitrogen and oxygen atoms in total. The van der Waals surface area contributed by atoms with Crippen LogP contribution in [0.2, 0.25) is 0 Å². The van der Waals surface area contributed by atoms with E-state index in [1.165, 1.54) is 0 Å². The number of hydrogen-bond acceptors (Lipinski definition) is 3. The predicted molar refractivity (Wildman–Crippen MR) is 47.4 cm³/mol. The van der Waals surface area contributed by atoms with Gasteiger partial charge in [-0.1, -0.05) is 6.92 Å². The van der Waals surface area contributed by atoms with E-state index in [1.54, 1.807) is 11.8 Å². The first-order valence-corrected chi connectivity index (χ1v) is 4.59. The van der Waals surface area contributed by atoms with E-state index in [2.05, 4.69) is 0 Å². The third-order valence-corrected chi connectivity index (χ3v) is 2.20. The summed E-state index contributed by atoms with van der Waals surface area (Å²) in [6.07, 6.45) is 0.154. The summed E-state index contributed by atoms with van der Waals surface area (Å²) < 4.78 is 4.84. The minimum atomic E-state index is -0.304. The van der Waals surface area contributed by atoms with Gasteiger partial charge in [-0.05, 0) is 6.92 Å². The van der Waals surface area contributed by atoms with Crippen molar-refractivity contribution in [3.05, 3.63) is 0 Å². The van der Waals surface area contributed by atoms with Crippen LogP contribution >= 0.6 is 0 Å². The van der Waals surface area contributed by atoms with Crippen molar-refractivity contribution in [2.45, 2.75) is 20.3 Å².